The second kappa shape index (κ2) is 9.55. The van der Waals surface area contributed by atoms with Gasteiger partial charge in [0.2, 0.25) is 15.9 Å². The third-order valence-corrected chi connectivity index (χ3v) is 6.26. The number of amides is 1. The van der Waals surface area contributed by atoms with Crippen molar-refractivity contribution in [3.05, 3.63) is 18.2 Å². The summed E-state index contributed by atoms with van der Waals surface area (Å²) in [7, 11) is 3.14. The fourth-order valence-corrected chi connectivity index (χ4v) is 3.81. The second-order valence-corrected chi connectivity index (χ2v) is 8.96. The van der Waals surface area contributed by atoms with Gasteiger partial charge in [-0.05, 0) is 50.0 Å². The molecule has 1 fully saturated rings. The number of hydrogen-bond donors (Lipinski definition) is 2. The van der Waals surface area contributed by atoms with E-state index in [2.05, 4.69) is 10.6 Å². The fourth-order valence-electron chi connectivity index (χ4n) is 2.89. The molecule has 0 saturated carbocycles. The lowest BCUT2D eigenvalue weighted by atomic mass is 10.0. The Bertz CT molecular complexity index is 717. The van der Waals surface area contributed by atoms with E-state index in [1.807, 2.05) is 19.0 Å². The van der Waals surface area contributed by atoms with Crippen molar-refractivity contribution in [3.8, 4) is 0 Å². The van der Waals surface area contributed by atoms with E-state index in [-0.39, 0.29) is 23.2 Å². The van der Waals surface area contributed by atoms with Gasteiger partial charge in [0.05, 0.1) is 16.3 Å². The number of anilines is 2. The van der Waals surface area contributed by atoms with Crippen LogP contribution < -0.4 is 15.5 Å². The Labute approximate surface area is 162 Å². The first kappa shape index (κ1) is 22.7. The summed E-state index contributed by atoms with van der Waals surface area (Å²) in [4.78, 5) is 14.3. The van der Waals surface area contributed by atoms with E-state index in [9.17, 15) is 13.2 Å². The third-order valence-electron chi connectivity index (χ3n) is 4.44. The minimum absolute atomic E-state index is 0. The summed E-state index contributed by atoms with van der Waals surface area (Å²) < 4.78 is 25.8. The minimum Gasteiger partial charge on any atom is -0.376 e. The monoisotopic (exact) mass is 404 g/mol. The molecule has 148 valence electrons. The minimum atomic E-state index is -3.55. The van der Waals surface area contributed by atoms with Crippen LogP contribution in [0.4, 0.5) is 11.4 Å². The summed E-state index contributed by atoms with van der Waals surface area (Å²) >= 11 is 0. The first-order valence-electron chi connectivity index (χ1n) is 8.46. The first-order chi connectivity index (χ1) is 11.7. The van der Waals surface area contributed by atoms with E-state index in [0.717, 1.165) is 35.9 Å². The number of sulfonamides is 1. The number of carbonyl (C=O) groups is 1. The van der Waals surface area contributed by atoms with Crippen LogP contribution >= 0.6 is 12.4 Å². The molecular weight excluding hydrogens is 376 g/mol. The van der Waals surface area contributed by atoms with Crippen molar-refractivity contribution in [2.45, 2.75) is 24.2 Å². The van der Waals surface area contributed by atoms with Crippen molar-refractivity contribution in [2.24, 2.45) is 5.92 Å². The average Bonchev–Trinajstić information content (AvgIpc) is 3.05. The molecule has 1 aromatic carbocycles. The Hall–Kier alpha value is -1.35. The van der Waals surface area contributed by atoms with Gasteiger partial charge < -0.3 is 15.5 Å². The Kier molecular flexibility index (Phi) is 8.33. The molecule has 1 unspecified atom stereocenters. The molecule has 2 N–H and O–H groups in total. The molecule has 0 spiro atoms. The Morgan fingerprint density at radius 2 is 1.96 bits per heavy atom. The molecule has 7 nitrogen and oxygen atoms in total. The van der Waals surface area contributed by atoms with Gasteiger partial charge in [-0.1, -0.05) is 0 Å². The van der Waals surface area contributed by atoms with Crippen LogP contribution in [0.5, 0.6) is 0 Å². The highest BCUT2D eigenvalue weighted by molar-refractivity contribution is 7.89. The molecule has 0 aromatic heterocycles. The van der Waals surface area contributed by atoms with E-state index in [0.29, 0.717) is 18.0 Å². The van der Waals surface area contributed by atoms with Gasteiger partial charge in [-0.2, -0.15) is 0 Å². The molecule has 1 aromatic rings. The van der Waals surface area contributed by atoms with E-state index >= 15 is 0 Å². The predicted molar refractivity (Wildman–Crippen MR) is 108 cm³/mol. The van der Waals surface area contributed by atoms with Gasteiger partial charge in [-0.25, -0.2) is 12.7 Å². The van der Waals surface area contributed by atoms with Gasteiger partial charge in [-0.3, -0.25) is 4.79 Å². The molecular formula is C17H29ClN4O3S. The van der Waals surface area contributed by atoms with Crippen LogP contribution in [0.25, 0.3) is 0 Å². The van der Waals surface area contributed by atoms with Gasteiger partial charge in [0.25, 0.3) is 0 Å². The molecule has 1 aliphatic heterocycles. The van der Waals surface area contributed by atoms with Gasteiger partial charge in [0.1, 0.15) is 0 Å². The summed E-state index contributed by atoms with van der Waals surface area (Å²) in [5.74, 6) is 0.453. The van der Waals surface area contributed by atoms with Gasteiger partial charge in [-0.15, -0.1) is 12.4 Å². The van der Waals surface area contributed by atoms with E-state index in [1.54, 1.807) is 12.1 Å². The van der Waals surface area contributed by atoms with Crippen molar-refractivity contribution >= 4 is 39.7 Å². The number of nitrogens with zero attached hydrogens (tertiary/aromatic N) is 2. The maximum Gasteiger partial charge on any atom is 0.242 e. The van der Waals surface area contributed by atoms with Crippen LogP contribution in [0, 0.1) is 5.92 Å². The van der Waals surface area contributed by atoms with Crippen LogP contribution in [-0.2, 0) is 14.8 Å². The molecule has 2 rings (SSSR count). The lowest BCUT2D eigenvalue weighted by molar-refractivity contribution is -0.116. The van der Waals surface area contributed by atoms with Crippen molar-refractivity contribution in [3.63, 3.8) is 0 Å². The van der Waals surface area contributed by atoms with Crippen molar-refractivity contribution in [1.82, 2.24) is 9.62 Å². The Morgan fingerprint density at radius 3 is 2.50 bits per heavy atom. The summed E-state index contributed by atoms with van der Waals surface area (Å²) in [5.41, 5.74) is 1.29. The van der Waals surface area contributed by atoms with Gasteiger partial charge in [0, 0.05) is 34.6 Å². The Balaban J connectivity index is 0.00000338. The van der Waals surface area contributed by atoms with Crippen LogP contribution in [0.1, 0.15) is 19.3 Å². The number of benzene rings is 1. The molecule has 1 amide bonds. The smallest absolute Gasteiger partial charge is 0.242 e. The maximum absolute atomic E-state index is 12.3. The number of rotatable bonds is 7. The second-order valence-electron chi connectivity index (χ2n) is 6.81. The van der Waals surface area contributed by atoms with Gasteiger partial charge >= 0.3 is 0 Å². The summed E-state index contributed by atoms with van der Waals surface area (Å²) in [5, 5.41) is 6.18. The molecule has 1 heterocycles. The predicted octanol–water partition coefficient (Wildman–Crippen LogP) is 1.75. The molecule has 26 heavy (non-hydrogen) atoms. The van der Waals surface area contributed by atoms with E-state index in [4.69, 9.17) is 0 Å². The zero-order valence-corrected chi connectivity index (χ0v) is 17.4. The lowest BCUT2D eigenvalue weighted by Crippen LogP contribution is -2.23. The summed E-state index contributed by atoms with van der Waals surface area (Å²) in [6, 6.07) is 4.80. The molecule has 0 aliphatic carbocycles. The summed E-state index contributed by atoms with van der Waals surface area (Å²) in [6.07, 6.45) is 2.38. The number of nitrogens with one attached hydrogen (secondary N) is 2. The quantitative estimate of drug-likeness (QED) is 0.723. The fraction of sp³-hybridized carbons (Fsp3) is 0.588. The number of halogens is 1. The zero-order valence-electron chi connectivity index (χ0n) is 15.8. The van der Waals surface area contributed by atoms with E-state index in [1.165, 1.54) is 20.2 Å². The highest BCUT2D eigenvalue weighted by Crippen LogP contribution is 2.29. The zero-order chi connectivity index (χ0) is 18.6. The lowest BCUT2D eigenvalue weighted by Gasteiger charge is -2.20. The van der Waals surface area contributed by atoms with Crippen LogP contribution in [0.3, 0.4) is 0 Å². The van der Waals surface area contributed by atoms with E-state index < -0.39 is 10.0 Å². The third kappa shape index (κ3) is 5.57. The number of carbonyl (C=O) groups excluding carboxylic acids is 1. The van der Waals surface area contributed by atoms with Crippen LogP contribution in [-0.4, -0.2) is 59.9 Å². The van der Waals surface area contributed by atoms with Crippen molar-refractivity contribution < 1.29 is 13.2 Å². The van der Waals surface area contributed by atoms with Crippen LogP contribution in [0.15, 0.2) is 23.1 Å². The van der Waals surface area contributed by atoms with Crippen molar-refractivity contribution in [1.29, 1.82) is 0 Å². The van der Waals surface area contributed by atoms with Crippen LogP contribution in [0.2, 0.25) is 0 Å². The normalized spacial score (nSPS) is 17.0. The largest absolute Gasteiger partial charge is 0.376 e. The standard InChI is InChI=1S/C17H28N4O3S.ClH/c1-20(2)16-7-6-14(25(23,24)21(3)4)11-15(16)19-17(22)8-5-13-9-10-18-12-13;/h6-7,11,13,18H,5,8-10,12H2,1-4H3,(H,19,22);1H. The summed E-state index contributed by atoms with van der Waals surface area (Å²) in [6.45, 7) is 1.98. The van der Waals surface area contributed by atoms with Gasteiger partial charge in [0.15, 0.2) is 0 Å². The maximum atomic E-state index is 12.3. The SMILES string of the molecule is CN(C)c1ccc(S(=O)(=O)N(C)C)cc1NC(=O)CCC1CCNC1.Cl. The highest BCUT2D eigenvalue weighted by Gasteiger charge is 2.21. The number of hydrogen-bond acceptors (Lipinski definition) is 5. The topological polar surface area (TPSA) is 81.8 Å². The Morgan fingerprint density at radius 1 is 1.27 bits per heavy atom. The average molecular weight is 405 g/mol. The van der Waals surface area contributed by atoms with Crippen molar-refractivity contribution in [2.75, 3.05) is 51.5 Å². The first-order valence-corrected chi connectivity index (χ1v) is 9.90. The highest BCUT2D eigenvalue weighted by atomic mass is 35.5. The molecule has 1 atom stereocenters. The molecule has 0 bridgehead atoms. The molecule has 9 heteroatoms. The molecule has 1 saturated heterocycles. The molecule has 0 radical (unpaired) electrons. The molecule has 1 aliphatic rings.